The number of thiophene rings is 1. The number of nitrogens with one attached hydrogen (secondary N) is 1. The summed E-state index contributed by atoms with van der Waals surface area (Å²) >= 11 is 6.63. The van der Waals surface area contributed by atoms with E-state index in [0.717, 1.165) is 4.88 Å². The van der Waals surface area contributed by atoms with Crippen molar-refractivity contribution in [3.8, 4) is 16.5 Å². The molecule has 0 atom stereocenters. The van der Waals surface area contributed by atoms with Gasteiger partial charge in [-0.05, 0) is 35.8 Å². The Morgan fingerprint density at radius 1 is 1.48 bits per heavy atom. The lowest BCUT2D eigenvalue weighted by molar-refractivity contribution is -0.385. The largest absolute Gasteiger partial charge is 0.502 e. The van der Waals surface area contributed by atoms with Crippen molar-refractivity contribution in [2.45, 2.75) is 0 Å². The van der Waals surface area contributed by atoms with E-state index in [9.17, 15) is 15.2 Å². The molecule has 116 valence electrons. The van der Waals surface area contributed by atoms with Crippen LogP contribution in [0.1, 0.15) is 5.56 Å². The van der Waals surface area contributed by atoms with Crippen LogP contribution in [-0.2, 0) is 0 Å². The average molecular weight is 347 g/mol. The van der Waals surface area contributed by atoms with Crippen molar-refractivity contribution in [3.63, 3.8) is 0 Å². The zero-order valence-corrected chi connectivity index (χ0v) is 13.0. The monoisotopic (exact) mass is 347 g/mol. The van der Waals surface area contributed by atoms with Gasteiger partial charge in [-0.15, -0.1) is 11.3 Å². The molecule has 2 heterocycles. The lowest BCUT2D eigenvalue weighted by Crippen LogP contribution is -1.95. The SMILES string of the molecule is O=[N+]([O-])c1cc(/C=N\n2c(-c3cccs3)n[nH]c2=S)ccc1O. The Kier molecular flexibility index (Phi) is 4.00. The van der Waals surface area contributed by atoms with Gasteiger partial charge in [-0.2, -0.15) is 14.9 Å². The topological polar surface area (TPSA) is 109 Å². The van der Waals surface area contributed by atoms with Gasteiger partial charge in [0.15, 0.2) is 11.6 Å². The number of nitrogens with zero attached hydrogens (tertiary/aromatic N) is 4. The third kappa shape index (κ3) is 3.03. The van der Waals surface area contributed by atoms with Gasteiger partial charge in [0.25, 0.3) is 0 Å². The third-order valence-corrected chi connectivity index (χ3v) is 4.04. The van der Waals surface area contributed by atoms with Crippen LogP contribution in [0.15, 0.2) is 40.8 Å². The first-order valence-corrected chi connectivity index (χ1v) is 7.58. The fourth-order valence-electron chi connectivity index (χ4n) is 1.86. The summed E-state index contributed by atoms with van der Waals surface area (Å²) in [6.07, 6.45) is 1.41. The van der Waals surface area contributed by atoms with Crippen LogP contribution in [0.3, 0.4) is 0 Å². The normalized spacial score (nSPS) is 11.1. The maximum Gasteiger partial charge on any atom is 0.311 e. The molecular formula is C13H9N5O3S2. The minimum absolute atomic E-state index is 0.304. The molecule has 3 aromatic rings. The molecule has 1 aromatic carbocycles. The van der Waals surface area contributed by atoms with Gasteiger partial charge >= 0.3 is 5.69 Å². The number of nitro groups is 1. The molecule has 8 nitrogen and oxygen atoms in total. The van der Waals surface area contributed by atoms with E-state index >= 15 is 0 Å². The number of aromatic amines is 1. The second-order valence-electron chi connectivity index (χ2n) is 4.39. The standard InChI is InChI=1S/C13H9N5O3S2/c19-10-4-3-8(6-9(10)18(20)21)7-14-17-12(15-16-13(17)22)11-2-1-5-23-11/h1-7,19H,(H,16,22)/b14-7-. The highest BCUT2D eigenvalue weighted by molar-refractivity contribution is 7.71. The smallest absolute Gasteiger partial charge is 0.311 e. The van der Waals surface area contributed by atoms with E-state index in [2.05, 4.69) is 15.3 Å². The maximum atomic E-state index is 10.8. The molecule has 10 heteroatoms. The van der Waals surface area contributed by atoms with Crippen molar-refractivity contribution in [2.24, 2.45) is 5.10 Å². The summed E-state index contributed by atoms with van der Waals surface area (Å²) in [6, 6.07) is 7.75. The summed E-state index contributed by atoms with van der Waals surface area (Å²) in [6.45, 7) is 0. The number of aromatic hydroxyl groups is 1. The summed E-state index contributed by atoms with van der Waals surface area (Å²) in [5.41, 5.74) is 0.0675. The van der Waals surface area contributed by atoms with E-state index < -0.39 is 10.7 Å². The molecule has 0 amide bonds. The van der Waals surface area contributed by atoms with Crippen LogP contribution in [0.25, 0.3) is 10.7 Å². The highest BCUT2D eigenvalue weighted by Gasteiger charge is 2.13. The zero-order chi connectivity index (χ0) is 16.4. The Hall–Kier alpha value is -2.85. The second-order valence-corrected chi connectivity index (χ2v) is 5.73. The van der Waals surface area contributed by atoms with E-state index in [-0.39, 0.29) is 5.69 Å². The number of hydrogen-bond donors (Lipinski definition) is 2. The second kappa shape index (κ2) is 6.10. The van der Waals surface area contributed by atoms with Crippen molar-refractivity contribution in [2.75, 3.05) is 0 Å². The van der Waals surface area contributed by atoms with E-state index in [4.69, 9.17) is 12.2 Å². The van der Waals surface area contributed by atoms with Crippen LogP contribution in [0.2, 0.25) is 0 Å². The quantitative estimate of drug-likeness (QED) is 0.326. The van der Waals surface area contributed by atoms with Gasteiger partial charge in [0.1, 0.15) is 0 Å². The molecule has 0 fully saturated rings. The van der Waals surface area contributed by atoms with Crippen molar-refractivity contribution < 1.29 is 10.0 Å². The molecule has 0 saturated carbocycles. The van der Waals surface area contributed by atoms with Crippen LogP contribution >= 0.6 is 23.6 Å². The van der Waals surface area contributed by atoms with E-state index in [1.807, 2.05) is 17.5 Å². The minimum Gasteiger partial charge on any atom is -0.502 e. The van der Waals surface area contributed by atoms with E-state index in [1.165, 1.54) is 40.4 Å². The molecule has 0 aliphatic rings. The molecule has 23 heavy (non-hydrogen) atoms. The summed E-state index contributed by atoms with van der Waals surface area (Å²) in [4.78, 5) is 11.1. The highest BCUT2D eigenvalue weighted by atomic mass is 32.1. The van der Waals surface area contributed by atoms with Crippen LogP contribution in [0.4, 0.5) is 5.69 Å². The number of hydrogen-bond acceptors (Lipinski definition) is 7. The predicted molar refractivity (Wildman–Crippen MR) is 88.5 cm³/mol. The first-order valence-electron chi connectivity index (χ1n) is 6.29. The number of aromatic nitrogens is 3. The molecular weight excluding hydrogens is 338 g/mol. The minimum atomic E-state index is -0.659. The Balaban J connectivity index is 1.99. The van der Waals surface area contributed by atoms with Gasteiger partial charge in [0.2, 0.25) is 4.77 Å². The van der Waals surface area contributed by atoms with Crippen LogP contribution in [0.5, 0.6) is 5.75 Å². The molecule has 2 N–H and O–H groups in total. The molecule has 3 rings (SSSR count). The first kappa shape index (κ1) is 15.1. The Bertz CT molecular complexity index is 943. The summed E-state index contributed by atoms with van der Waals surface area (Å²) < 4.78 is 1.73. The van der Waals surface area contributed by atoms with Crippen molar-refractivity contribution >= 4 is 35.5 Å². The lowest BCUT2D eigenvalue weighted by atomic mass is 10.2. The predicted octanol–water partition coefficient (Wildman–Crippen LogP) is 3.17. The number of nitro benzene ring substituents is 1. The van der Waals surface area contributed by atoms with Gasteiger partial charge in [0.05, 0.1) is 16.0 Å². The average Bonchev–Trinajstić information content (AvgIpc) is 3.16. The van der Waals surface area contributed by atoms with E-state index in [0.29, 0.717) is 16.2 Å². The van der Waals surface area contributed by atoms with Crippen LogP contribution in [-0.4, -0.2) is 31.1 Å². The third-order valence-electron chi connectivity index (χ3n) is 2.91. The number of rotatable bonds is 4. The number of phenols is 1. The van der Waals surface area contributed by atoms with Gasteiger partial charge < -0.3 is 5.11 Å². The molecule has 0 radical (unpaired) electrons. The number of benzene rings is 1. The van der Waals surface area contributed by atoms with Gasteiger partial charge in [0, 0.05) is 11.6 Å². The van der Waals surface area contributed by atoms with Crippen molar-refractivity contribution in [1.29, 1.82) is 0 Å². The van der Waals surface area contributed by atoms with Gasteiger partial charge in [-0.3, -0.25) is 10.1 Å². The highest BCUT2D eigenvalue weighted by Crippen LogP contribution is 2.26. The molecule has 0 aliphatic carbocycles. The summed E-state index contributed by atoms with van der Waals surface area (Å²) in [7, 11) is 0. The number of phenolic OH excluding ortho intramolecular Hbond substituents is 1. The van der Waals surface area contributed by atoms with E-state index in [1.54, 1.807) is 0 Å². The zero-order valence-electron chi connectivity index (χ0n) is 11.4. The fourth-order valence-corrected chi connectivity index (χ4v) is 2.73. The van der Waals surface area contributed by atoms with Crippen molar-refractivity contribution in [1.82, 2.24) is 14.9 Å². The maximum absolute atomic E-state index is 10.8. The fraction of sp³-hybridized carbons (Fsp3) is 0. The Morgan fingerprint density at radius 3 is 3.00 bits per heavy atom. The molecule has 0 saturated heterocycles. The Morgan fingerprint density at radius 2 is 2.30 bits per heavy atom. The lowest BCUT2D eigenvalue weighted by Gasteiger charge is -1.99. The van der Waals surface area contributed by atoms with Crippen LogP contribution in [0, 0.1) is 14.9 Å². The van der Waals surface area contributed by atoms with Gasteiger partial charge in [-0.1, -0.05) is 6.07 Å². The first-order chi connectivity index (χ1) is 11.1. The Labute approximate surface area is 138 Å². The summed E-state index contributed by atoms with van der Waals surface area (Å²) in [5, 5.41) is 33.2. The summed E-state index contributed by atoms with van der Waals surface area (Å²) in [5.74, 6) is 0.154. The van der Waals surface area contributed by atoms with Gasteiger partial charge in [-0.25, -0.2) is 5.10 Å². The molecule has 0 spiro atoms. The van der Waals surface area contributed by atoms with Crippen molar-refractivity contribution in [3.05, 3.63) is 56.2 Å². The number of H-pyrrole nitrogens is 1. The molecule has 0 aliphatic heterocycles. The molecule has 0 unspecified atom stereocenters. The van der Waals surface area contributed by atoms with Crippen LogP contribution < -0.4 is 0 Å². The molecule has 2 aromatic heterocycles. The molecule has 0 bridgehead atoms.